The molecule has 0 bridgehead atoms. The third-order valence-corrected chi connectivity index (χ3v) is 6.58. The van der Waals surface area contributed by atoms with Crippen LogP contribution in [-0.4, -0.2) is 50.2 Å². The Labute approximate surface area is 167 Å². The highest BCUT2D eigenvalue weighted by molar-refractivity contribution is 7.86. The van der Waals surface area contributed by atoms with Crippen molar-refractivity contribution >= 4 is 10.1 Å². The van der Waals surface area contributed by atoms with E-state index in [2.05, 4.69) is 6.58 Å². The van der Waals surface area contributed by atoms with Gasteiger partial charge in [-0.15, -0.1) is 6.58 Å². The van der Waals surface area contributed by atoms with Crippen LogP contribution in [0.2, 0.25) is 0 Å². The molecule has 1 saturated carbocycles. The standard InChI is InChI=1S/C21H30O6S/c1-5-6-7-16(3)19-20(26-4)18(22)12-13-21(19,23)14-27-28(24,25)17-10-8-15(2)9-11-17/h5,7-11,18-20,22-23H,1,6,12-14H2,2-4H3/b16-7+/t18-,19+,20-,21+/m1/s1. The average molecular weight is 411 g/mol. The Morgan fingerprint density at radius 2 is 2.00 bits per heavy atom. The van der Waals surface area contributed by atoms with Crippen molar-refractivity contribution in [2.75, 3.05) is 13.7 Å². The lowest BCUT2D eigenvalue weighted by Crippen LogP contribution is -2.57. The number of rotatable bonds is 8. The van der Waals surface area contributed by atoms with Crippen LogP contribution in [0.3, 0.4) is 0 Å². The molecule has 0 radical (unpaired) electrons. The largest absolute Gasteiger partial charge is 0.390 e. The summed E-state index contributed by atoms with van der Waals surface area (Å²) < 4.78 is 35.8. The monoisotopic (exact) mass is 410 g/mol. The molecular formula is C21H30O6S. The molecule has 0 spiro atoms. The average Bonchev–Trinajstić information content (AvgIpc) is 2.66. The highest BCUT2D eigenvalue weighted by atomic mass is 32.2. The van der Waals surface area contributed by atoms with Gasteiger partial charge in [-0.05, 0) is 45.2 Å². The predicted molar refractivity (Wildman–Crippen MR) is 107 cm³/mol. The van der Waals surface area contributed by atoms with Gasteiger partial charge in [-0.1, -0.05) is 35.4 Å². The minimum absolute atomic E-state index is 0.0382. The van der Waals surface area contributed by atoms with E-state index in [-0.39, 0.29) is 17.7 Å². The molecule has 7 heteroatoms. The van der Waals surface area contributed by atoms with Crippen LogP contribution in [0, 0.1) is 12.8 Å². The zero-order valence-corrected chi connectivity index (χ0v) is 17.5. The quantitative estimate of drug-likeness (QED) is 0.506. The molecule has 156 valence electrons. The van der Waals surface area contributed by atoms with Crippen LogP contribution in [0.4, 0.5) is 0 Å². The Hall–Kier alpha value is -1.51. The lowest BCUT2D eigenvalue weighted by Gasteiger charge is -2.46. The van der Waals surface area contributed by atoms with Crippen LogP contribution in [0.5, 0.6) is 0 Å². The molecule has 2 N–H and O–H groups in total. The van der Waals surface area contributed by atoms with Crippen LogP contribution in [0.1, 0.15) is 31.7 Å². The van der Waals surface area contributed by atoms with Crippen LogP contribution in [0.15, 0.2) is 53.5 Å². The maximum Gasteiger partial charge on any atom is 0.297 e. The highest BCUT2D eigenvalue weighted by Crippen LogP contribution is 2.41. The number of aryl methyl sites for hydroxylation is 1. The Bertz CT molecular complexity index is 799. The minimum Gasteiger partial charge on any atom is -0.390 e. The number of aliphatic hydroxyl groups excluding tert-OH is 1. The van der Waals surface area contributed by atoms with E-state index in [1.807, 2.05) is 19.9 Å². The van der Waals surface area contributed by atoms with Crippen molar-refractivity contribution in [3.63, 3.8) is 0 Å². The second-order valence-corrected chi connectivity index (χ2v) is 9.00. The molecule has 1 aliphatic rings. The van der Waals surface area contributed by atoms with Crippen LogP contribution < -0.4 is 0 Å². The zero-order chi connectivity index (χ0) is 20.9. The molecule has 1 aromatic carbocycles. The molecule has 0 unspecified atom stereocenters. The van der Waals surface area contributed by atoms with E-state index in [0.29, 0.717) is 6.42 Å². The fourth-order valence-electron chi connectivity index (χ4n) is 3.73. The number of hydrogen-bond acceptors (Lipinski definition) is 6. The smallest absolute Gasteiger partial charge is 0.297 e. The van der Waals surface area contributed by atoms with E-state index >= 15 is 0 Å². The van der Waals surface area contributed by atoms with Crippen molar-refractivity contribution in [2.24, 2.45) is 5.92 Å². The molecular weight excluding hydrogens is 380 g/mol. The lowest BCUT2D eigenvalue weighted by atomic mass is 9.69. The van der Waals surface area contributed by atoms with Gasteiger partial charge in [0.2, 0.25) is 0 Å². The summed E-state index contributed by atoms with van der Waals surface area (Å²) >= 11 is 0. The Kier molecular flexibility index (Phi) is 7.59. The number of ether oxygens (including phenoxy) is 1. The predicted octanol–water partition coefficient (Wildman–Crippen LogP) is 2.74. The van der Waals surface area contributed by atoms with Crippen molar-refractivity contribution in [1.29, 1.82) is 0 Å². The van der Waals surface area contributed by atoms with Gasteiger partial charge >= 0.3 is 0 Å². The van der Waals surface area contributed by atoms with Gasteiger partial charge in [0.1, 0.15) is 0 Å². The molecule has 4 atom stereocenters. The lowest BCUT2D eigenvalue weighted by molar-refractivity contribution is -0.159. The molecule has 6 nitrogen and oxygen atoms in total. The van der Waals surface area contributed by atoms with Crippen molar-refractivity contribution < 1.29 is 27.6 Å². The van der Waals surface area contributed by atoms with Crippen LogP contribution in [0.25, 0.3) is 0 Å². The molecule has 28 heavy (non-hydrogen) atoms. The summed E-state index contributed by atoms with van der Waals surface area (Å²) in [6, 6.07) is 6.33. The molecule has 0 amide bonds. The molecule has 2 rings (SSSR count). The fourth-order valence-corrected chi connectivity index (χ4v) is 4.70. The first kappa shape index (κ1) is 22.8. The second-order valence-electron chi connectivity index (χ2n) is 7.39. The number of allylic oxidation sites excluding steroid dienone is 2. The number of methoxy groups -OCH3 is 1. The Morgan fingerprint density at radius 3 is 2.57 bits per heavy atom. The zero-order valence-electron chi connectivity index (χ0n) is 16.7. The van der Waals surface area contributed by atoms with Crippen LogP contribution in [-0.2, 0) is 19.0 Å². The topological polar surface area (TPSA) is 93.1 Å². The van der Waals surface area contributed by atoms with Gasteiger partial charge in [0.15, 0.2) is 0 Å². The summed E-state index contributed by atoms with van der Waals surface area (Å²) in [6.07, 6.45) is 3.27. The van der Waals surface area contributed by atoms with Crippen molar-refractivity contribution in [3.8, 4) is 0 Å². The van der Waals surface area contributed by atoms with Gasteiger partial charge in [-0.3, -0.25) is 4.18 Å². The molecule has 0 heterocycles. The maximum atomic E-state index is 12.6. The van der Waals surface area contributed by atoms with E-state index < -0.39 is 40.5 Å². The molecule has 0 aliphatic heterocycles. The van der Waals surface area contributed by atoms with E-state index in [1.165, 1.54) is 19.2 Å². The number of aliphatic hydroxyl groups is 2. The normalized spacial score (nSPS) is 28.9. The first-order valence-corrected chi connectivity index (χ1v) is 10.7. The van der Waals surface area contributed by atoms with E-state index in [9.17, 15) is 18.6 Å². The molecule has 1 aromatic rings. The van der Waals surface area contributed by atoms with Crippen LogP contribution >= 0.6 is 0 Å². The Morgan fingerprint density at radius 1 is 1.36 bits per heavy atom. The van der Waals surface area contributed by atoms with E-state index in [4.69, 9.17) is 8.92 Å². The summed E-state index contributed by atoms with van der Waals surface area (Å²) in [5, 5.41) is 21.7. The summed E-state index contributed by atoms with van der Waals surface area (Å²) in [6.45, 7) is 6.96. The summed E-state index contributed by atoms with van der Waals surface area (Å²) in [7, 11) is -2.55. The van der Waals surface area contributed by atoms with Gasteiger partial charge < -0.3 is 14.9 Å². The maximum absolute atomic E-state index is 12.6. The third kappa shape index (κ3) is 5.10. The molecule has 1 fully saturated rings. The molecule has 0 aromatic heterocycles. The van der Waals surface area contributed by atoms with Gasteiger partial charge in [0, 0.05) is 13.0 Å². The van der Waals surface area contributed by atoms with Crippen molar-refractivity contribution in [3.05, 3.63) is 54.1 Å². The Balaban J connectivity index is 2.28. The van der Waals surface area contributed by atoms with Gasteiger partial charge in [0.25, 0.3) is 10.1 Å². The van der Waals surface area contributed by atoms with Crippen molar-refractivity contribution in [2.45, 2.75) is 55.8 Å². The molecule has 1 aliphatic carbocycles. The van der Waals surface area contributed by atoms with E-state index in [1.54, 1.807) is 18.2 Å². The van der Waals surface area contributed by atoms with Gasteiger partial charge in [-0.25, -0.2) is 0 Å². The van der Waals surface area contributed by atoms with E-state index in [0.717, 1.165) is 11.1 Å². The third-order valence-electron chi connectivity index (χ3n) is 5.30. The summed E-state index contributed by atoms with van der Waals surface area (Å²) in [5.41, 5.74) is 0.244. The second kappa shape index (κ2) is 9.33. The highest BCUT2D eigenvalue weighted by Gasteiger charge is 2.50. The minimum atomic E-state index is -4.02. The first-order chi connectivity index (χ1) is 13.1. The molecule has 0 saturated heterocycles. The number of hydrogen-bond donors (Lipinski definition) is 2. The first-order valence-electron chi connectivity index (χ1n) is 9.31. The van der Waals surface area contributed by atoms with Crippen molar-refractivity contribution in [1.82, 2.24) is 0 Å². The van der Waals surface area contributed by atoms with Gasteiger partial charge in [-0.2, -0.15) is 8.42 Å². The summed E-state index contributed by atoms with van der Waals surface area (Å²) in [4.78, 5) is 0.0382. The summed E-state index contributed by atoms with van der Waals surface area (Å²) in [5.74, 6) is -0.602. The number of benzene rings is 1. The SMILES string of the molecule is C=CC/C=C(\C)[C@H]1[C@H](OC)[C@H](O)CC[C@]1(O)COS(=O)(=O)c1ccc(C)cc1. The fraction of sp³-hybridized carbons (Fsp3) is 0.524. The van der Waals surface area contributed by atoms with Gasteiger partial charge in [0.05, 0.1) is 29.3 Å².